The van der Waals surface area contributed by atoms with E-state index in [0.29, 0.717) is 18.5 Å². The molecule has 1 aromatic heterocycles. The van der Waals surface area contributed by atoms with Crippen LogP contribution in [0, 0.1) is 0 Å². The molecule has 0 radical (unpaired) electrons. The molecule has 1 rings (SSSR count). The number of halogens is 1. The number of nitrogens with zero attached hydrogens (tertiary/aromatic N) is 1. The lowest BCUT2D eigenvalue weighted by atomic mass is 10.2. The van der Waals surface area contributed by atoms with E-state index in [1.54, 1.807) is 18.3 Å². The van der Waals surface area contributed by atoms with Crippen molar-refractivity contribution in [2.75, 3.05) is 6.67 Å². The maximum atomic E-state index is 11.7. The van der Waals surface area contributed by atoms with Gasteiger partial charge in [0.1, 0.15) is 5.75 Å². The molecule has 0 aliphatic rings. The van der Waals surface area contributed by atoms with Crippen molar-refractivity contribution in [3.8, 4) is 5.75 Å². The van der Waals surface area contributed by atoms with Gasteiger partial charge >= 0.3 is 0 Å². The lowest BCUT2D eigenvalue weighted by molar-refractivity contribution is 0.447. The van der Waals surface area contributed by atoms with Crippen LogP contribution in [0.3, 0.4) is 0 Å². The van der Waals surface area contributed by atoms with Crippen LogP contribution in [-0.4, -0.2) is 16.8 Å². The Morgan fingerprint density at radius 1 is 1.55 bits per heavy atom. The van der Waals surface area contributed by atoms with Gasteiger partial charge in [-0.3, -0.25) is 9.37 Å². The van der Waals surface area contributed by atoms with Gasteiger partial charge in [0, 0.05) is 6.20 Å². The van der Waals surface area contributed by atoms with Gasteiger partial charge in [-0.25, -0.2) is 0 Å². The molecule has 0 aromatic carbocycles. The summed E-state index contributed by atoms with van der Waals surface area (Å²) in [6.45, 7) is -0.365. The standard InChI is InChI=1S/C8H10FNO/c9-5-1-3-7-8(11)4-2-6-10-7/h2,4,6,11H,1,3,5H2. The van der Waals surface area contributed by atoms with E-state index in [1.807, 2.05) is 0 Å². The second kappa shape index (κ2) is 3.91. The van der Waals surface area contributed by atoms with Crippen LogP contribution < -0.4 is 0 Å². The molecule has 1 N–H and O–H groups in total. The van der Waals surface area contributed by atoms with Crippen LogP contribution in [0.5, 0.6) is 5.75 Å². The Kier molecular flexibility index (Phi) is 2.83. The number of aromatic nitrogens is 1. The van der Waals surface area contributed by atoms with Crippen molar-refractivity contribution >= 4 is 0 Å². The van der Waals surface area contributed by atoms with Gasteiger partial charge < -0.3 is 5.11 Å². The average Bonchev–Trinajstić information content (AvgIpc) is 2.03. The third kappa shape index (κ3) is 2.18. The lowest BCUT2D eigenvalue weighted by Gasteiger charge is -1.99. The molecule has 0 unspecified atom stereocenters. The summed E-state index contributed by atoms with van der Waals surface area (Å²) < 4.78 is 11.7. The molecule has 60 valence electrons. The van der Waals surface area contributed by atoms with Crippen molar-refractivity contribution < 1.29 is 9.50 Å². The van der Waals surface area contributed by atoms with Crippen LogP contribution in [-0.2, 0) is 6.42 Å². The molecule has 1 heterocycles. The SMILES string of the molecule is Oc1cccnc1CCCF. The highest BCUT2D eigenvalue weighted by atomic mass is 19.1. The van der Waals surface area contributed by atoms with Gasteiger partial charge in [0.2, 0.25) is 0 Å². The quantitative estimate of drug-likeness (QED) is 0.720. The van der Waals surface area contributed by atoms with Gasteiger partial charge in [0.05, 0.1) is 12.4 Å². The fourth-order valence-corrected chi connectivity index (χ4v) is 0.856. The van der Waals surface area contributed by atoms with Gasteiger partial charge in [-0.2, -0.15) is 0 Å². The van der Waals surface area contributed by atoms with Crippen molar-refractivity contribution in [1.82, 2.24) is 4.98 Å². The van der Waals surface area contributed by atoms with E-state index in [-0.39, 0.29) is 12.4 Å². The topological polar surface area (TPSA) is 33.1 Å². The van der Waals surface area contributed by atoms with Gasteiger partial charge in [-0.05, 0) is 25.0 Å². The molecule has 0 atom stereocenters. The minimum absolute atomic E-state index is 0.154. The van der Waals surface area contributed by atoms with Gasteiger partial charge in [-0.15, -0.1) is 0 Å². The van der Waals surface area contributed by atoms with Crippen molar-refractivity contribution in [2.24, 2.45) is 0 Å². The smallest absolute Gasteiger partial charge is 0.137 e. The monoisotopic (exact) mass is 155 g/mol. The Morgan fingerprint density at radius 2 is 2.36 bits per heavy atom. The largest absolute Gasteiger partial charge is 0.506 e. The summed E-state index contributed by atoms with van der Waals surface area (Å²) in [6.07, 6.45) is 2.51. The van der Waals surface area contributed by atoms with Crippen LogP contribution in [0.1, 0.15) is 12.1 Å². The summed E-state index contributed by atoms with van der Waals surface area (Å²) in [5.41, 5.74) is 0.574. The number of rotatable bonds is 3. The second-order valence-corrected chi connectivity index (χ2v) is 2.26. The van der Waals surface area contributed by atoms with Crippen LogP contribution in [0.2, 0.25) is 0 Å². The van der Waals surface area contributed by atoms with E-state index in [9.17, 15) is 4.39 Å². The highest BCUT2D eigenvalue weighted by molar-refractivity contribution is 5.24. The fraction of sp³-hybridized carbons (Fsp3) is 0.375. The molecule has 0 aliphatic carbocycles. The minimum Gasteiger partial charge on any atom is -0.506 e. The molecular weight excluding hydrogens is 145 g/mol. The van der Waals surface area contributed by atoms with E-state index in [0.717, 1.165) is 0 Å². The third-order valence-corrected chi connectivity index (χ3v) is 1.41. The molecule has 0 saturated heterocycles. The molecule has 3 heteroatoms. The molecule has 0 amide bonds. The normalized spacial score (nSPS) is 9.91. The Hall–Kier alpha value is -1.12. The van der Waals surface area contributed by atoms with E-state index in [1.165, 1.54) is 0 Å². The fourth-order valence-electron chi connectivity index (χ4n) is 0.856. The van der Waals surface area contributed by atoms with Crippen molar-refractivity contribution in [2.45, 2.75) is 12.8 Å². The first kappa shape index (κ1) is 7.98. The zero-order valence-corrected chi connectivity index (χ0v) is 6.13. The number of aryl methyl sites for hydroxylation is 1. The highest BCUT2D eigenvalue weighted by Crippen LogP contribution is 2.13. The van der Waals surface area contributed by atoms with Crippen molar-refractivity contribution in [1.29, 1.82) is 0 Å². The van der Waals surface area contributed by atoms with Crippen molar-refractivity contribution in [3.05, 3.63) is 24.0 Å². The number of alkyl halides is 1. The molecule has 1 aromatic rings. The molecule has 0 spiro atoms. The first-order valence-corrected chi connectivity index (χ1v) is 3.53. The van der Waals surface area contributed by atoms with Gasteiger partial charge in [0.25, 0.3) is 0 Å². The predicted octanol–water partition coefficient (Wildman–Crippen LogP) is 1.69. The summed E-state index contributed by atoms with van der Waals surface area (Å²) in [6, 6.07) is 3.20. The van der Waals surface area contributed by atoms with E-state index in [4.69, 9.17) is 5.11 Å². The molecule has 11 heavy (non-hydrogen) atoms. The highest BCUT2D eigenvalue weighted by Gasteiger charge is 1.99. The number of aromatic hydroxyl groups is 1. The summed E-state index contributed by atoms with van der Waals surface area (Å²) in [4.78, 5) is 3.90. The minimum atomic E-state index is -0.365. The van der Waals surface area contributed by atoms with E-state index >= 15 is 0 Å². The molecule has 0 bridgehead atoms. The van der Waals surface area contributed by atoms with Crippen LogP contribution in [0.25, 0.3) is 0 Å². The number of pyridine rings is 1. The Labute approximate surface area is 64.7 Å². The zero-order valence-electron chi connectivity index (χ0n) is 6.13. The third-order valence-electron chi connectivity index (χ3n) is 1.41. The van der Waals surface area contributed by atoms with Crippen LogP contribution in [0.15, 0.2) is 18.3 Å². The molecule has 2 nitrogen and oxygen atoms in total. The van der Waals surface area contributed by atoms with Crippen LogP contribution >= 0.6 is 0 Å². The summed E-state index contributed by atoms with van der Waals surface area (Å²) in [5, 5.41) is 9.15. The molecule has 0 aliphatic heterocycles. The zero-order chi connectivity index (χ0) is 8.10. The number of hydrogen-bond donors (Lipinski definition) is 1. The van der Waals surface area contributed by atoms with Crippen LogP contribution in [0.4, 0.5) is 4.39 Å². The van der Waals surface area contributed by atoms with E-state index in [2.05, 4.69) is 4.98 Å². The maximum Gasteiger partial charge on any atom is 0.137 e. The average molecular weight is 155 g/mol. The van der Waals surface area contributed by atoms with Crippen molar-refractivity contribution in [3.63, 3.8) is 0 Å². The number of hydrogen-bond acceptors (Lipinski definition) is 2. The summed E-state index contributed by atoms with van der Waals surface area (Å²) >= 11 is 0. The second-order valence-electron chi connectivity index (χ2n) is 2.26. The predicted molar refractivity (Wildman–Crippen MR) is 40.2 cm³/mol. The molecule has 0 saturated carbocycles. The Bertz CT molecular complexity index is 227. The molecule has 0 fully saturated rings. The summed E-state index contributed by atoms with van der Waals surface area (Å²) in [7, 11) is 0. The first-order valence-electron chi connectivity index (χ1n) is 3.53. The van der Waals surface area contributed by atoms with Gasteiger partial charge in [0.15, 0.2) is 0 Å². The Morgan fingerprint density at radius 3 is 3.00 bits per heavy atom. The Balaban J connectivity index is 2.62. The molecular formula is C8H10FNO. The first-order chi connectivity index (χ1) is 5.34. The maximum absolute atomic E-state index is 11.7. The van der Waals surface area contributed by atoms with Gasteiger partial charge in [-0.1, -0.05) is 0 Å². The lowest BCUT2D eigenvalue weighted by Crippen LogP contribution is -1.90. The van der Waals surface area contributed by atoms with E-state index < -0.39 is 0 Å². The summed E-state index contributed by atoms with van der Waals surface area (Å²) in [5.74, 6) is 0.154.